The predicted molar refractivity (Wildman–Crippen MR) is 122 cm³/mol. The van der Waals surface area contributed by atoms with E-state index in [0.717, 1.165) is 5.56 Å². The summed E-state index contributed by atoms with van der Waals surface area (Å²) in [5.41, 5.74) is 2.24. The summed E-state index contributed by atoms with van der Waals surface area (Å²) in [5, 5.41) is 12.9. The SMILES string of the molecule is COc1cc(-c2ccnc(C)c2NC(=O)N=[S@](N)(=O)c2cnn3c2OCC(C)(C)C3)ccn1. The number of nitrogens with one attached hydrogen (secondary N) is 1. The molecule has 4 heterocycles. The molecule has 0 bridgehead atoms. The number of fused-ring (bicyclic) bond motifs is 1. The van der Waals surface area contributed by atoms with Crippen molar-refractivity contribution in [1.29, 1.82) is 0 Å². The van der Waals surface area contributed by atoms with Crippen LogP contribution in [-0.2, 0) is 16.5 Å². The van der Waals surface area contributed by atoms with E-state index in [1.54, 1.807) is 42.2 Å². The van der Waals surface area contributed by atoms with Crippen molar-refractivity contribution < 1.29 is 18.5 Å². The fraction of sp³-hybridized carbons (Fsp3) is 0.333. The summed E-state index contributed by atoms with van der Waals surface area (Å²) in [6.45, 7) is 6.77. The minimum atomic E-state index is -3.61. The summed E-state index contributed by atoms with van der Waals surface area (Å²) < 4.78 is 29.4. The van der Waals surface area contributed by atoms with Gasteiger partial charge in [-0.2, -0.15) is 5.10 Å². The van der Waals surface area contributed by atoms with Crippen LogP contribution >= 0.6 is 0 Å². The third-order valence-electron chi connectivity index (χ3n) is 5.10. The molecule has 11 nitrogen and oxygen atoms in total. The fourth-order valence-electron chi connectivity index (χ4n) is 3.49. The van der Waals surface area contributed by atoms with Gasteiger partial charge in [0.05, 0.1) is 37.8 Å². The van der Waals surface area contributed by atoms with Gasteiger partial charge in [0, 0.05) is 29.4 Å². The molecular weight excluding hydrogens is 446 g/mol. The Labute approximate surface area is 191 Å². The van der Waals surface area contributed by atoms with Crippen LogP contribution in [0.25, 0.3) is 11.1 Å². The minimum absolute atomic E-state index is 0.0788. The van der Waals surface area contributed by atoms with Gasteiger partial charge in [0.1, 0.15) is 4.90 Å². The highest BCUT2D eigenvalue weighted by atomic mass is 32.2. The number of aryl methyl sites for hydroxylation is 1. The number of amides is 2. The number of urea groups is 1. The van der Waals surface area contributed by atoms with E-state index in [9.17, 15) is 9.00 Å². The zero-order valence-corrected chi connectivity index (χ0v) is 19.5. The minimum Gasteiger partial charge on any atom is -0.481 e. The molecule has 3 aromatic heterocycles. The molecular formula is C21H25N7O4S. The molecule has 0 fully saturated rings. The maximum Gasteiger partial charge on any atom is 0.354 e. The molecule has 0 aliphatic carbocycles. The van der Waals surface area contributed by atoms with Crippen molar-refractivity contribution in [3.63, 3.8) is 0 Å². The number of pyridine rings is 2. The topological polar surface area (TPSA) is 147 Å². The number of hydrogen-bond donors (Lipinski definition) is 2. The Hall–Kier alpha value is -3.51. The van der Waals surface area contributed by atoms with Crippen LogP contribution in [-0.4, -0.2) is 43.7 Å². The quantitative estimate of drug-likeness (QED) is 0.594. The lowest BCUT2D eigenvalue weighted by Gasteiger charge is -2.30. The average Bonchev–Trinajstić information content (AvgIpc) is 3.17. The first kappa shape index (κ1) is 22.7. The second-order valence-electron chi connectivity index (χ2n) is 8.42. The second kappa shape index (κ2) is 8.45. The number of hydrogen-bond acceptors (Lipinski definition) is 7. The molecule has 1 aliphatic rings. The van der Waals surface area contributed by atoms with Crippen molar-refractivity contribution >= 4 is 21.6 Å². The summed E-state index contributed by atoms with van der Waals surface area (Å²) in [4.78, 5) is 21.2. The average molecular weight is 472 g/mol. The van der Waals surface area contributed by atoms with Crippen LogP contribution in [0, 0.1) is 12.3 Å². The maximum absolute atomic E-state index is 13.2. The van der Waals surface area contributed by atoms with Crippen LogP contribution < -0.4 is 19.9 Å². The Morgan fingerprint density at radius 2 is 2.09 bits per heavy atom. The van der Waals surface area contributed by atoms with Gasteiger partial charge < -0.3 is 14.8 Å². The van der Waals surface area contributed by atoms with E-state index in [1.807, 2.05) is 13.8 Å². The van der Waals surface area contributed by atoms with E-state index in [1.165, 1.54) is 13.3 Å². The van der Waals surface area contributed by atoms with Crippen LogP contribution in [0.3, 0.4) is 0 Å². The molecule has 1 atom stereocenters. The largest absolute Gasteiger partial charge is 0.481 e. The molecule has 33 heavy (non-hydrogen) atoms. The van der Waals surface area contributed by atoms with E-state index in [-0.39, 0.29) is 16.2 Å². The number of anilines is 1. The molecule has 4 rings (SSSR count). The highest BCUT2D eigenvalue weighted by molar-refractivity contribution is 7.91. The number of methoxy groups -OCH3 is 1. The number of carbonyl (C=O) groups is 1. The number of nitrogens with zero attached hydrogens (tertiary/aromatic N) is 5. The van der Waals surface area contributed by atoms with Crippen molar-refractivity contribution in [3.05, 3.63) is 42.5 Å². The Morgan fingerprint density at radius 1 is 1.33 bits per heavy atom. The van der Waals surface area contributed by atoms with Gasteiger partial charge in [-0.15, -0.1) is 4.36 Å². The smallest absolute Gasteiger partial charge is 0.354 e. The Balaban J connectivity index is 1.66. The number of ether oxygens (including phenoxy) is 2. The number of rotatable bonds is 4. The van der Waals surface area contributed by atoms with Gasteiger partial charge in [0.15, 0.2) is 9.92 Å². The number of nitrogens with two attached hydrogens (primary N) is 1. The Morgan fingerprint density at radius 3 is 2.85 bits per heavy atom. The molecule has 174 valence electrons. The molecule has 3 aromatic rings. The molecule has 3 N–H and O–H groups in total. The monoisotopic (exact) mass is 471 g/mol. The van der Waals surface area contributed by atoms with E-state index < -0.39 is 15.9 Å². The molecule has 0 saturated carbocycles. The van der Waals surface area contributed by atoms with Gasteiger partial charge in [0.2, 0.25) is 11.8 Å². The molecule has 0 aromatic carbocycles. The van der Waals surface area contributed by atoms with Gasteiger partial charge in [-0.3, -0.25) is 4.98 Å². The molecule has 12 heteroatoms. The molecule has 0 radical (unpaired) electrons. The summed E-state index contributed by atoms with van der Waals surface area (Å²) in [6, 6.07) is 4.36. The summed E-state index contributed by atoms with van der Waals surface area (Å²) >= 11 is 0. The Bertz CT molecular complexity index is 1340. The van der Waals surface area contributed by atoms with Gasteiger partial charge >= 0.3 is 6.03 Å². The lowest BCUT2D eigenvalue weighted by Crippen LogP contribution is -2.33. The van der Waals surface area contributed by atoms with Gasteiger partial charge in [0.25, 0.3) is 0 Å². The highest BCUT2D eigenvalue weighted by Gasteiger charge is 2.32. The third kappa shape index (κ3) is 4.66. The van der Waals surface area contributed by atoms with Crippen molar-refractivity contribution in [3.8, 4) is 22.9 Å². The zero-order chi connectivity index (χ0) is 23.8. The standard InChI is InChI=1S/C21H25N7O4S/c1-13-18(15(6-8-23-13)14-5-7-24-17(9-14)31-4)26-20(29)27-33(22,30)16-10-25-28-11-21(2,3)12-32-19(16)28/h5-10H,11-12H2,1-4H3,(H3,22,26,27,29,30)/t33-/m0/s1. The molecule has 1 aliphatic heterocycles. The first-order valence-corrected chi connectivity index (χ1v) is 11.7. The number of aromatic nitrogens is 4. The van der Waals surface area contributed by atoms with Crippen LogP contribution in [0.5, 0.6) is 11.8 Å². The Kier molecular flexibility index (Phi) is 5.80. The van der Waals surface area contributed by atoms with E-state index in [2.05, 4.69) is 24.7 Å². The normalized spacial score (nSPS) is 16.2. The van der Waals surface area contributed by atoms with Crippen LogP contribution in [0.15, 0.2) is 46.0 Å². The van der Waals surface area contributed by atoms with Gasteiger partial charge in [-0.1, -0.05) is 13.8 Å². The van der Waals surface area contributed by atoms with Crippen LogP contribution in [0.2, 0.25) is 0 Å². The zero-order valence-electron chi connectivity index (χ0n) is 18.7. The lowest BCUT2D eigenvalue weighted by atomic mass is 9.94. The maximum atomic E-state index is 13.2. The van der Waals surface area contributed by atoms with Crippen LogP contribution in [0.1, 0.15) is 19.5 Å². The van der Waals surface area contributed by atoms with Crippen molar-refractivity contribution in [2.45, 2.75) is 32.2 Å². The van der Waals surface area contributed by atoms with E-state index in [0.29, 0.717) is 36.0 Å². The lowest BCUT2D eigenvalue weighted by molar-refractivity contribution is 0.0972. The van der Waals surface area contributed by atoms with E-state index >= 15 is 0 Å². The van der Waals surface area contributed by atoms with E-state index in [4.69, 9.17) is 14.6 Å². The predicted octanol–water partition coefficient (Wildman–Crippen LogP) is 3.01. The first-order chi connectivity index (χ1) is 15.6. The first-order valence-electron chi connectivity index (χ1n) is 10.1. The second-order valence-corrected chi connectivity index (χ2v) is 10.2. The summed E-state index contributed by atoms with van der Waals surface area (Å²) in [7, 11) is -2.09. The van der Waals surface area contributed by atoms with Gasteiger partial charge in [-0.25, -0.2) is 23.8 Å². The van der Waals surface area contributed by atoms with Gasteiger partial charge in [-0.05, 0) is 24.6 Å². The van der Waals surface area contributed by atoms with Crippen molar-refractivity contribution in [1.82, 2.24) is 19.7 Å². The fourth-order valence-corrected chi connectivity index (χ4v) is 4.49. The van der Waals surface area contributed by atoms with Crippen molar-refractivity contribution in [2.75, 3.05) is 19.0 Å². The summed E-state index contributed by atoms with van der Waals surface area (Å²) in [5.74, 6) is 0.684. The summed E-state index contributed by atoms with van der Waals surface area (Å²) in [6.07, 6.45) is 4.55. The third-order valence-corrected chi connectivity index (χ3v) is 6.45. The molecule has 0 unspecified atom stereocenters. The van der Waals surface area contributed by atoms with Crippen LogP contribution in [0.4, 0.5) is 10.5 Å². The van der Waals surface area contributed by atoms with Crippen molar-refractivity contribution in [2.24, 2.45) is 14.9 Å². The highest BCUT2D eigenvalue weighted by Crippen LogP contribution is 2.34. The molecule has 0 saturated heterocycles. The molecule has 2 amide bonds. The number of carbonyl (C=O) groups excluding carboxylic acids is 1. The molecule has 0 spiro atoms.